The van der Waals surface area contributed by atoms with Crippen LogP contribution in [0.1, 0.15) is 39.2 Å². The molecule has 0 spiro atoms. The van der Waals surface area contributed by atoms with Crippen molar-refractivity contribution in [3.8, 4) is 5.75 Å². The van der Waals surface area contributed by atoms with E-state index in [1.165, 1.54) is 12.8 Å². The number of hydrogen-bond donors (Lipinski definition) is 3. The summed E-state index contributed by atoms with van der Waals surface area (Å²) >= 11 is 0. The van der Waals surface area contributed by atoms with Crippen molar-refractivity contribution in [1.82, 2.24) is 10.6 Å². The zero-order chi connectivity index (χ0) is 16.2. The first kappa shape index (κ1) is 16.6. The fraction of sp³-hybridized carbons (Fsp3) is 0.588. The Morgan fingerprint density at radius 2 is 1.95 bits per heavy atom. The predicted octanol–water partition coefficient (Wildman–Crippen LogP) is 2.79. The maximum Gasteiger partial charge on any atom is 0.407 e. The van der Waals surface area contributed by atoms with Crippen LogP contribution in [0.25, 0.3) is 0 Å². The van der Waals surface area contributed by atoms with E-state index < -0.39 is 5.60 Å². The van der Waals surface area contributed by atoms with Gasteiger partial charge >= 0.3 is 6.09 Å². The lowest BCUT2D eigenvalue weighted by Gasteiger charge is -2.22. The summed E-state index contributed by atoms with van der Waals surface area (Å²) in [4.78, 5) is 11.7. The van der Waals surface area contributed by atoms with E-state index in [0.29, 0.717) is 12.5 Å². The lowest BCUT2D eigenvalue weighted by Crippen LogP contribution is -2.43. The minimum absolute atomic E-state index is 0.251. The Bertz CT molecular complexity index is 490. The molecule has 2 rings (SSSR count). The first-order valence-corrected chi connectivity index (χ1v) is 7.81. The molecule has 1 saturated carbocycles. The van der Waals surface area contributed by atoms with E-state index >= 15 is 0 Å². The maximum absolute atomic E-state index is 11.7. The van der Waals surface area contributed by atoms with Gasteiger partial charge in [-0.05, 0) is 57.2 Å². The summed E-state index contributed by atoms with van der Waals surface area (Å²) in [5, 5.41) is 15.6. The number of phenols is 1. The van der Waals surface area contributed by atoms with Crippen molar-refractivity contribution in [2.24, 2.45) is 5.92 Å². The van der Waals surface area contributed by atoms with E-state index in [2.05, 4.69) is 10.6 Å². The van der Waals surface area contributed by atoms with Gasteiger partial charge < -0.3 is 20.5 Å². The van der Waals surface area contributed by atoms with Crippen molar-refractivity contribution in [3.63, 3.8) is 0 Å². The number of benzene rings is 1. The topological polar surface area (TPSA) is 70.6 Å². The molecule has 122 valence electrons. The molecule has 0 aliphatic heterocycles. The Hall–Kier alpha value is -1.75. The zero-order valence-corrected chi connectivity index (χ0v) is 13.6. The summed E-state index contributed by atoms with van der Waals surface area (Å²) in [6.45, 7) is 6.85. The Morgan fingerprint density at radius 3 is 2.50 bits per heavy atom. The summed E-state index contributed by atoms with van der Waals surface area (Å²) in [6, 6.07) is 7.41. The number of amides is 1. The number of rotatable bonds is 6. The van der Waals surface area contributed by atoms with Crippen molar-refractivity contribution in [1.29, 1.82) is 0 Å². The second-order valence-electron chi connectivity index (χ2n) is 6.87. The molecule has 1 atom stereocenters. The van der Waals surface area contributed by atoms with Crippen LogP contribution >= 0.6 is 0 Å². The van der Waals surface area contributed by atoms with E-state index in [-0.39, 0.29) is 17.9 Å². The van der Waals surface area contributed by atoms with E-state index in [9.17, 15) is 9.90 Å². The third-order valence-corrected chi connectivity index (χ3v) is 3.56. The van der Waals surface area contributed by atoms with Gasteiger partial charge in [-0.25, -0.2) is 4.79 Å². The molecular weight excluding hydrogens is 280 g/mol. The molecule has 0 aromatic heterocycles. The summed E-state index contributed by atoms with van der Waals surface area (Å²) in [6.07, 6.45) is 2.02. The molecule has 1 aliphatic rings. The number of alkyl carbamates (subject to hydrolysis) is 1. The molecule has 0 bridgehead atoms. The van der Waals surface area contributed by atoms with Crippen LogP contribution in [0.4, 0.5) is 4.79 Å². The summed E-state index contributed by atoms with van der Waals surface area (Å²) in [5.41, 5.74) is 0.638. The largest absolute Gasteiger partial charge is 0.508 e. The molecule has 0 radical (unpaired) electrons. The van der Waals surface area contributed by atoms with Gasteiger partial charge in [-0.2, -0.15) is 0 Å². The molecule has 3 N–H and O–H groups in total. The van der Waals surface area contributed by atoms with Gasteiger partial charge in [0, 0.05) is 19.1 Å². The highest BCUT2D eigenvalue weighted by Crippen LogP contribution is 2.32. The monoisotopic (exact) mass is 306 g/mol. The summed E-state index contributed by atoms with van der Waals surface area (Å²) in [5.74, 6) is 0.890. The van der Waals surface area contributed by atoms with Gasteiger partial charge in [-0.1, -0.05) is 12.1 Å². The Labute approximate surface area is 132 Å². The molecule has 1 aromatic carbocycles. The summed E-state index contributed by atoms with van der Waals surface area (Å²) in [7, 11) is 0. The number of aromatic hydroxyl groups is 1. The minimum atomic E-state index is -0.474. The molecule has 5 nitrogen and oxygen atoms in total. The number of phenolic OH excluding ortho intramolecular Hbond substituents is 1. The smallest absolute Gasteiger partial charge is 0.407 e. The molecule has 1 fully saturated rings. The maximum atomic E-state index is 11.7. The van der Waals surface area contributed by atoms with Crippen LogP contribution in [0.15, 0.2) is 24.3 Å². The predicted molar refractivity (Wildman–Crippen MR) is 85.7 cm³/mol. The van der Waals surface area contributed by atoms with E-state index in [1.807, 2.05) is 32.9 Å². The summed E-state index contributed by atoms with van der Waals surface area (Å²) < 4.78 is 5.26. The number of carbonyl (C=O) groups excluding carboxylic acids is 1. The highest BCUT2D eigenvalue weighted by molar-refractivity contribution is 5.67. The van der Waals surface area contributed by atoms with Crippen LogP contribution in [0.3, 0.4) is 0 Å². The molecule has 0 saturated heterocycles. The van der Waals surface area contributed by atoms with Gasteiger partial charge in [0.05, 0.1) is 0 Å². The Kier molecular flexibility index (Phi) is 5.29. The SMILES string of the molecule is CC(C)(C)OC(=O)NCC(NCc1ccc(O)cc1)C1CC1. The third kappa shape index (κ3) is 5.93. The number of hydrogen-bond acceptors (Lipinski definition) is 4. The lowest BCUT2D eigenvalue weighted by atomic mass is 10.1. The fourth-order valence-electron chi connectivity index (χ4n) is 2.27. The van der Waals surface area contributed by atoms with Gasteiger partial charge in [-0.3, -0.25) is 0 Å². The van der Waals surface area contributed by atoms with Crippen LogP contribution in [-0.2, 0) is 11.3 Å². The van der Waals surface area contributed by atoms with Crippen LogP contribution in [-0.4, -0.2) is 29.4 Å². The molecular formula is C17H26N2O3. The normalized spacial score (nSPS) is 16.1. The molecule has 1 aliphatic carbocycles. The molecule has 1 aromatic rings. The third-order valence-electron chi connectivity index (χ3n) is 3.56. The first-order valence-electron chi connectivity index (χ1n) is 7.81. The number of nitrogens with one attached hydrogen (secondary N) is 2. The zero-order valence-electron chi connectivity index (χ0n) is 13.6. The second-order valence-corrected chi connectivity index (χ2v) is 6.87. The second kappa shape index (κ2) is 7.01. The average Bonchev–Trinajstić information content (AvgIpc) is 3.23. The highest BCUT2D eigenvalue weighted by atomic mass is 16.6. The van der Waals surface area contributed by atoms with E-state index in [1.54, 1.807) is 12.1 Å². The number of carbonyl (C=O) groups is 1. The molecule has 5 heteroatoms. The van der Waals surface area contributed by atoms with Gasteiger partial charge in [0.25, 0.3) is 0 Å². The molecule has 1 amide bonds. The standard InChI is InChI=1S/C17H26N2O3/c1-17(2,3)22-16(21)19-11-15(13-6-7-13)18-10-12-4-8-14(20)9-5-12/h4-5,8-9,13,15,18,20H,6-7,10-11H2,1-3H3,(H,19,21). The van der Waals surface area contributed by atoms with Gasteiger partial charge in [0.2, 0.25) is 0 Å². The van der Waals surface area contributed by atoms with E-state index in [0.717, 1.165) is 12.1 Å². The molecule has 0 heterocycles. The van der Waals surface area contributed by atoms with Crippen molar-refractivity contribution < 1.29 is 14.6 Å². The van der Waals surface area contributed by atoms with Crippen molar-refractivity contribution in [2.75, 3.05) is 6.54 Å². The first-order chi connectivity index (χ1) is 10.3. The van der Waals surface area contributed by atoms with Crippen LogP contribution in [0.5, 0.6) is 5.75 Å². The Balaban J connectivity index is 1.78. The lowest BCUT2D eigenvalue weighted by molar-refractivity contribution is 0.0521. The minimum Gasteiger partial charge on any atom is -0.508 e. The average molecular weight is 306 g/mol. The Morgan fingerprint density at radius 1 is 1.32 bits per heavy atom. The van der Waals surface area contributed by atoms with Gasteiger partial charge in [-0.15, -0.1) is 0 Å². The highest BCUT2D eigenvalue weighted by Gasteiger charge is 2.31. The van der Waals surface area contributed by atoms with Crippen molar-refractivity contribution in [3.05, 3.63) is 29.8 Å². The van der Waals surface area contributed by atoms with E-state index in [4.69, 9.17) is 4.74 Å². The van der Waals surface area contributed by atoms with Crippen LogP contribution < -0.4 is 10.6 Å². The van der Waals surface area contributed by atoms with Crippen molar-refractivity contribution in [2.45, 2.75) is 51.8 Å². The van der Waals surface area contributed by atoms with Gasteiger partial charge in [0.1, 0.15) is 11.4 Å². The quantitative estimate of drug-likeness (QED) is 0.756. The fourth-order valence-corrected chi connectivity index (χ4v) is 2.27. The van der Waals surface area contributed by atoms with Crippen LogP contribution in [0, 0.1) is 5.92 Å². The van der Waals surface area contributed by atoms with Crippen molar-refractivity contribution >= 4 is 6.09 Å². The molecule has 22 heavy (non-hydrogen) atoms. The van der Waals surface area contributed by atoms with Crippen LogP contribution in [0.2, 0.25) is 0 Å². The van der Waals surface area contributed by atoms with Gasteiger partial charge in [0.15, 0.2) is 0 Å². The molecule has 1 unspecified atom stereocenters. The number of ether oxygens (including phenoxy) is 1.